The molecule has 3 aliphatic heterocycles. The lowest BCUT2D eigenvalue weighted by molar-refractivity contribution is -0.118. The van der Waals surface area contributed by atoms with Crippen LogP contribution in [-0.4, -0.2) is 74.0 Å². The van der Waals surface area contributed by atoms with E-state index >= 15 is 0 Å². The Balaban J connectivity index is 1.12. The van der Waals surface area contributed by atoms with Crippen molar-refractivity contribution in [3.8, 4) is 11.1 Å². The van der Waals surface area contributed by atoms with Gasteiger partial charge in [0, 0.05) is 72.7 Å². The van der Waals surface area contributed by atoms with Crippen molar-refractivity contribution < 1.29 is 9.18 Å². The molecule has 5 aromatic rings. The summed E-state index contributed by atoms with van der Waals surface area (Å²) in [5, 5.41) is 11.4. The minimum atomic E-state index is -1.03. The molecule has 3 aliphatic rings. The van der Waals surface area contributed by atoms with E-state index in [4.69, 9.17) is 28.3 Å². The summed E-state index contributed by atoms with van der Waals surface area (Å²) >= 11 is 15.2. The maximum absolute atomic E-state index is 14.4. The van der Waals surface area contributed by atoms with Gasteiger partial charge in [0.1, 0.15) is 11.7 Å². The van der Waals surface area contributed by atoms with Gasteiger partial charge in [0.2, 0.25) is 0 Å². The Hall–Kier alpha value is -3.51. The van der Waals surface area contributed by atoms with E-state index < -0.39 is 18.1 Å². The van der Waals surface area contributed by atoms with Gasteiger partial charge in [-0.3, -0.25) is 14.8 Å². The minimum absolute atomic E-state index is 0.175. The molecule has 0 radical (unpaired) electrons. The van der Waals surface area contributed by atoms with E-state index in [2.05, 4.69) is 56.3 Å². The number of alkyl halides is 1. The number of carbonyl (C=O) groups excluding carboxylic acids is 1. The molecule has 1 N–H and O–H groups in total. The van der Waals surface area contributed by atoms with Crippen LogP contribution in [0, 0.1) is 11.8 Å². The zero-order valence-electron chi connectivity index (χ0n) is 24.5. The lowest BCUT2D eigenvalue weighted by Gasteiger charge is -2.22. The molecule has 2 fully saturated rings. The highest BCUT2D eigenvalue weighted by Gasteiger charge is 2.39. The van der Waals surface area contributed by atoms with E-state index in [0.717, 1.165) is 42.6 Å². The predicted molar refractivity (Wildman–Crippen MR) is 176 cm³/mol. The molecule has 1 unspecified atom stereocenters. The Morgan fingerprint density at radius 3 is 2.60 bits per heavy atom. The van der Waals surface area contributed by atoms with Crippen LogP contribution in [0.3, 0.4) is 0 Å². The molecular formula is C32H31Cl2FN8OS. The van der Waals surface area contributed by atoms with Crippen LogP contribution in [0.1, 0.15) is 24.4 Å². The number of halogens is 3. The summed E-state index contributed by atoms with van der Waals surface area (Å²) in [5.41, 5.74) is 4.48. The van der Waals surface area contributed by atoms with Gasteiger partial charge in [0.25, 0.3) is 5.91 Å². The summed E-state index contributed by atoms with van der Waals surface area (Å²) in [5.74, 6) is 1.06. The summed E-state index contributed by atoms with van der Waals surface area (Å²) in [7, 11) is 0. The Morgan fingerprint density at radius 2 is 1.89 bits per heavy atom. The van der Waals surface area contributed by atoms with Crippen LogP contribution in [0.15, 0.2) is 54.4 Å². The monoisotopic (exact) mass is 664 g/mol. The van der Waals surface area contributed by atoms with E-state index in [1.54, 1.807) is 28.7 Å². The maximum atomic E-state index is 14.4. The molecule has 2 aromatic carbocycles. The molecule has 0 spiro atoms. The fourth-order valence-corrected chi connectivity index (χ4v) is 8.31. The molecule has 45 heavy (non-hydrogen) atoms. The number of thiazole rings is 1. The number of imidazole rings is 1. The highest BCUT2D eigenvalue weighted by Crippen LogP contribution is 2.41. The average Bonchev–Trinajstić information content (AvgIpc) is 3.86. The standard InChI is InChI=1S/C32H31Cl2FN8OS/c1-2-40-11-19-13-41(14-20(19)12-40)22-5-3-18(4-6-22)23-10-25(33)24-16-43(39-28(24)27(23)34)30(31(44)38-32-36-7-8-45-32)29-26-9-21(35)15-42(26)17-37-29/h3-8,10,16-17,19-21,30H,2,9,11-15H2,1H3,(H,36,38,44)/t19-,20+,21-,30?/m1/s1. The van der Waals surface area contributed by atoms with Crippen LogP contribution in [0.25, 0.3) is 22.0 Å². The largest absolute Gasteiger partial charge is 0.371 e. The first kappa shape index (κ1) is 28.9. The fraction of sp³-hybridized carbons (Fsp3) is 0.375. The number of amides is 1. The van der Waals surface area contributed by atoms with Crippen LogP contribution in [0.2, 0.25) is 10.0 Å². The van der Waals surface area contributed by atoms with Crippen LogP contribution < -0.4 is 10.2 Å². The molecule has 13 heteroatoms. The van der Waals surface area contributed by atoms with Gasteiger partial charge in [-0.25, -0.2) is 14.4 Å². The van der Waals surface area contributed by atoms with E-state index in [-0.39, 0.29) is 13.0 Å². The summed E-state index contributed by atoms with van der Waals surface area (Å²) in [6, 6.07) is 9.32. The normalized spacial score (nSPS) is 21.9. The zero-order chi connectivity index (χ0) is 30.8. The quantitative estimate of drug-likeness (QED) is 0.224. The number of nitrogens with one attached hydrogen (secondary N) is 1. The lowest BCUT2D eigenvalue weighted by atomic mass is 10.0. The van der Waals surface area contributed by atoms with Crippen molar-refractivity contribution in [3.05, 3.63) is 75.9 Å². The predicted octanol–water partition coefficient (Wildman–Crippen LogP) is 6.17. The molecule has 8 rings (SSSR count). The third kappa shape index (κ3) is 5.10. The third-order valence-corrected chi connectivity index (χ3v) is 10.9. The zero-order valence-corrected chi connectivity index (χ0v) is 26.9. The van der Waals surface area contributed by atoms with Gasteiger partial charge in [-0.05, 0) is 42.1 Å². The van der Waals surface area contributed by atoms with Crippen molar-refractivity contribution in [2.45, 2.75) is 32.1 Å². The Bertz CT molecular complexity index is 1880. The van der Waals surface area contributed by atoms with Crippen LogP contribution in [0.4, 0.5) is 15.2 Å². The van der Waals surface area contributed by atoms with Gasteiger partial charge in [0.15, 0.2) is 11.2 Å². The van der Waals surface area contributed by atoms with E-state index in [9.17, 15) is 9.18 Å². The number of hydrogen-bond donors (Lipinski definition) is 1. The number of hydrogen-bond acceptors (Lipinski definition) is 7. The van der Waals surface area contributed by atoms with Crippen molar-refractivity contribution in [1.82, 2.24) is 29.2 Å². The summed E-state index contributed by atoms with van der Waals surface area (Å²) in [6.07, 6.45) is 4.04. The SMILES string of the molecule is CCN1C[C@@H]2CN(c3ccc(-c4cc(Cl)c5cn(C(C(=O)Nc6nccs6)c6ncn7c6C[C@@H](F)C7)nc5c4Cl)cc3)C[C@@H]2C1. The van der Waals surface area contributed by atoms with Gasteiger partial charge < -0.3 is 14.4 Å². The number of rotatable bonds is 7. The van der Waals surface area contributed by atoms with Crippen molar-refractivity contribution in [3.63, 3.8) is 0 Å². The maximum Gasteiger partial charge on any atom is 0.257 e. The summed E-state index contributed by atoms with van der Waals surface area (Å²) in [4.78, 5) is 27.5. The first-order chi connectivity index (χ1) is 21.9. The van der Waals surface area contributed by atoms with Crippen molar-refractivity contribution >= 4 is 62.2 Å². The molecule has 2 saturated heterocycles. The highest BCUT2D eigenvalue weighted by molar-refractivity contribution is 7.13. The molecule has 4 atom stereocenters. The second-order valence-electron chi connectivity index (χ2n) is 12.2. The van der Waals surface area contributed by atoms with E-state index in [1.807, 2.05) is 6.07 Å². The minimum Gasteiger partial charge on any atom is -0.371 e. The molecule has 0 saturated carbocycles. The second-order valence-corrected chi connectivity index (χ2v) is 13.9. The number of carbonyl (C=O) groups is 1. The molecule has 0 bridgehead atoms. The Kier molecular flexibility index (Phi) is 7.32. The van der Waals surface area contributed by atoms with Crippen molar-refractivity contribution in [1.29, 1.82) is 0 Å². The van der Waals surface area contributed by atoms with Crippen LogP contribution in [-0.2, 0) is 17.8 Å². The van der Waals surface area contributed by atoms with Crippen LogP contribution >= 0.6 is 34.5 Å². The van der Waals surface area contributed by atoms with Gasteiger partial charge in [-0.1, -0.05) is 42.3 Å². The van der Waals surface area contributed by atoms with Gasteiger partial charge in [0.05, 0.1) is 28.6 Å². The van der Waals surface area contributed by atoms with Crippen molar-refractivity contribution in [2.75, 3.05) is 42.9 Å². The molecule has 0 aliphatic carbocycles. The Labute approximate surface area is 273 Å². The first-order valence-corrected chi connectivity index (χ1v) is 16.8. The molecule has 3 aromatic heterocycles. The van der Waals surface area contributed by atoms with Gasteiger partial charge in [-0.2, -0.15) is 5.10 Å². The number of anilines is 2. The first-order valence-electron chi connectivity index (χ1n) is 15.2. The van der Waals surface area contributed by atoms with Crippen LogP contribution in [0.5, 0.6) is 0 Å². The number of nitrogens with zero attached hydrogens (tertiary/aromatic N) is 7. The lowest BCUT2D eigenvalue weighted by Crippen LogP contribution is -2.28. The molecule has 1 amide bonds. The third-order valence-electron chi connectivity index (χ3n) is 9.48. The number of aromatic nitrogens is 5. The van der Waals surface area contributed by atoms with Gasteiger partial charge >= 0.3 is 0 Å². The van der Waals surface area contributed by atoms with E-state index in [0.29, 0.717) is 37.5 Å². The fourth-order valence-electron chi connectivity index (χ4n) is 7.22. The topological polar surface area (TPSA) is 84.1 Å². The number of likely N-dealkylation sites (tertiary alicyclic amines) is 1. The molecular weight excluding hydrogens is 634 g/mol. The molecule has 9 nitrogen and oxygen atoms in total. The molecule has 232 valence electrons. The summed E-state index contributed by atoms with van der Waals surface area (Å²) < 4.78 is 17.6. The Morgan fingerprint density at radius 1 is 1.11 bits per heavy atom. The number of benzene rings is 2. The molecule has 6 heterocycles. The van der Waals surface area contributed by atoms with E-state index in [1.165, 1.54) is 34.8 Å². The highest BCUT2D eigenvalue weighted by atomic mass is 35.5. The van der Waals surface area contributed by atoms with Crippen molar-refractivity contribution in [2.24, 2.45) is 11.8 Å². The number of fused-ring (bicyclic) bond motifs is 3. The summed E-state index contributed by atoms with van der Waals surface area (Å²) in [6.45, 7) is 8.11. The second kappa shape index (κ2) is 11.4. The van der Waals surface area contributed by atoms with Gasteiger partial charge in [-0.15, -0.1) is 11.3 Å². The average molecular weight is 666 g/mol. The smallest absolute Gasteiger partial charge is 0.257 e.